The van der Waals surface area contributed by atoms with Crippen molar-refractivity contribution >= 4 is 40.0 Å². The van der Waals surface area contributed by atoms with Crippen LogP contribution in [-0.2, 0) is 4.79 Å². The predicted molar refractivity (Wildman–Crippen MR) is 111 cm³/mol. The second-order valence-electron chi connectivity index (χ2n) is 6.83. The second kappa shape index (κ2) is 8.02. The van der Waals surface area contributed by atoms with Crippen LogP contribution >= 0.6 is 11.6 Å². The summed E-state index contributed by atoms with van der Waals surface area (Å²) in [6.07, 6.45) is 1.73. The minimum absolute atomic E-state index is 0.000243. The van der Waals surface area contributed by atoms with Gasteiger partial charge in [-0.3, -0.25) is 4.79 Å². The molecule has 7 heteroatoms. The van der Waals surface area contributed by atoms with Crippen LogP contribution in [0.3, 0.4) is 0 Å². The Hall–Kier alpha value is -2.86. The van der Waals surface area contributed by atoms with Gasteiger partial charge in [0.15, 0.2) is 5.82 Å². The maximum Gasteiger partial charge on any atom is 0.257 e. The van der Waals surface area contributed by atoms with E-state index in [4.69, 9.17) is 21.3 Å². The molecule has 2 heterocycles. The van der Waals surface area contributed by atoms with Crippen LogP contribution in [0.25, 0.3) is 11.0 Å². The molecule has 4 rings (SSSR count). The van der Waals surface area contributed by atoms with E-state index in [1.807, 2.05) is 24.3 Å². The van der Waals surface area contributed by atoms with Crippen LogP contribution in [0.4, 0.5) is 11.5 Å². The third kappa shape index (κ3) is 3.87. The van der Waals surface area contributed by atoms with Crippen LogP contribution in [0.2, 0.25) is 5.02 Å². The van der Waals surface area contributed by atoms with Gasteiger partial charge in [0.25, 0.3) is 5.88 Å². The summed E-state index contributed by atoms with van der Waals surface area (Å²) in [5.74, 6) is 1.03. The molecule has 1 atom stereocenters. The molecular formula is C21H21ClN4O2. The van der Waals surface area contributed by atoms with Gasteiger partial charge >= 0.3 is 0 Å². The van der Waals surface area contributed by atoms with E-state index in [2.05, 4.69) is 15.2 Å². The molecule has 1 N–H and O–H groups in total. The number of hydrogen-bond acceptors (Lipinski definition) is 5. The number of carbonyl (C=O) groups excluding carboxylic acids is 1. The molecule has 3 aromatic rings. The van der Waals surface area contributed by atoms with Crippen molar-refractivity contribution in [3.05, 3.63) is 53.6 Å². The maximum absolute atomic E-state index is 12.8. The lowest BCUT2D eigenvalue weighted by Crippen LogP contribution is -2.41. The first-order valence-electron chi connectivity index (χ1n) is 9.26. The number of amides is 1. The molecule has 0 saturated carbocycles. The highest BCUT2D eigenvalue weighted by atomic mass is 35.5. The number of nitrogens with zero attached hydrogens (tertiary/aromatic N) is 3. The molecule has 2 aromatic carbocycles. The third-order valence-corrected chi connectivity index (χ3v) is 5.17. The monoisotopic (exact) mass is 396 g/mol. The number of piperidine rings is 1. The van der Waals surface area contributed by atoms with E-state index in [9.17, 15) is 4.79 Å². The van der Waals surface area contributed by atoms with Crippen molar-refractivity contribution in [1.29, 1.82) is 0 Å². The molecule has 0 bridgehead atoms. The molecule has 0 radical (unpaired) electrons. The van der Waals surface area contributed by atoms with Gasteiger partial charge in [-0.15, -0.1) is 0 Å². The Morgan fingerprint density at radius 1 is 1.14 bits per heavy atom. The fraction of sp³-hybridized carbons (Fsp3) is 0.286. The van der Waals surface area contributed by atoms with Crippen molar-refractivity contribution in [2.24, 2.45) is 5.92 Å². The van der Waals surface area contributed by atoms with Gasteiger partial charge in [0.1, 0.15) is 0 Å². The molecular weight excluding hydrogens is 376 g/mol. The molecule has 1 aliphatic rings. The summed E-state index contributed by atoms with van der Waals surface area (Å²) in [4.78, 5) is 24.2. The Morgan fingerprint density at radius 3 is 2.57 bits per heavy atom. The van der Waals surface area contributed by atoms with Gasteiger partial charge in [0, 0.05) is 23.8 Å². The number of hydrogen-bond donors (Lipinski definition) is 1. The van der Waals surface area contributed by atoms with Crippen molar-refractivity contribution in [2.45, 2.75) is 12.8 Å². The Labute approximate surface area is 168 Å². The molecule has 1 fully saturated rings. The third-order valence-electron chi connectivity index (χ3n) is 4.92. The number of fused-ring (bicyclic) bond motifs is 1. The SMILES string of the molecule is COc1nc2ccccc2nc1N1CCCC(C(=O)Nc2ccc(Cl)cc2)C1. The maximum atomic E-state index is 12.8. The molecule has 1 aliphatic heterocycles. The highest BCUT2D eigenvalue weighted by molar-refractivity contribution is 6.30. The topological polar surface area (TPSA) is 67.4 Å². The average molecular weight is 397 g/mol. The van der Waals surface area contributed by atoms with E-state index in [1.54, 1.807) is 31.4 Å². The van der Waals surface area contributed by atoms with Crippen LogP contribution in [0.5, 0.6) is 5.88 Å². The van der Waals surface area contributed by atoms with Gasteiger partial charge in [-0.2, -0.15) is 0 Å². The van der Waals surface area contributed by atoms with E-state index in [1.165, 1.54) is 0 Å². The van der Waals surface area contributed by atoms with E-state index >= 15 is 0 Å². The van der Waals surface area contributed by atoms with Gasteiger partial charge in [0.2, 0.25) is 5.91 Å². The van der Waals surface area contributed by atoms with Crippen LogP contribution in [0.15, 0.2) is 48.5 Å². The number of para-hydroxylation sites is 2. The van der Waals surface area contributed by atoms with Crippen molar-refractivity contribution < 1.29 is 9.53 Å². The first kappa shape index (κ1) is 18.5. The molecule has 1 aromatic heterocycles. The fourth-order valence-electron chi connectivity index (χ4n) is 3.48. The zero-order valence-electron chi connectivity index (χ0n) is 15.6. The van der Waals surface area contributed by atoms with Gasteiger partial charge in [0.05, 0.1) is 24.1 Å². The molecule has 0 aliphatic carbocycles. The molecule has 1 saturated heterocycles. The van der Waals surface area contributed by atoms with Gasteiger partial charge in [-0.25, -0.2) is 9.97 Å². The minimum atomic E-state index is -0.137. The normalized spacial score (nSPS) is 16.8. The van der Waals surface area contributed by atoms with Crippen LogP contribution in [0, 0.1) is 5.92 Å². The number of nitrogens with one attached hydrogen (secondary N) is 1. The molecule has 0 spiro atoms. The van der Waals surface area contributed by atoms with Gasteiger partial charge < -0.3 is 15.0 Å². The minimum Gasteiger partial charge on any atom is -0.478 e. The number of methoxy groups -OCH3 is 1. The van der Waals surface area contributed by atoms with Crippen LogP contribution in [0.1, 0.15) is 12.8 Å². The lowest BCUT2D eigenvalue weighted by Gasteiger charge is -2.33. The molecule has 28 heavy (non-hydrogen) atoms. The van der Waals surface area contributed by atoms with E-state index in [0.717, 1.165) is 36.1 Å². The van der Waals surface area contributed by atoms with Crippen LogP contribution in [-0.4, -0.2) is 36.1 Å². The Kier molecular flexibility index (Phi) is 5.30. The van der Waals surface area contributed by atoms with Crippen molar-refractivity contribution in [2.75, 3.05) is 30.4 Å². The van der Waals surface area contributed by atoms with E-state index in [-0.39, 0.29) is 11.8 Å². The highest BCUT2D eigenvalue weighted by Crippen LogP contribution is 2.30. The fourth-order valence-corrected chi connectivity index (χ4v) is 3.60. The number of anilines is 2. The van der Waals surface area contributed by atoms with Crippen molar-refractivity contribution in [3.63, 3.8) is 0 Å². The first-order valence-corrected chi connectivity index (χ1v) is 9.64. The number of aromatic nitrogens is 2. The Balaban J connectivity index is 1.54. The van der Waals surface area contributed by atoms with Gasteiger partial charge in [-0.05, 0) is 49.2 Å². The number of rotatable bonds is 4. The lowest BCUT2D eigenvalue weighted by atomic mass is 9.97. The standard InChI is InChI=1S/C21H21ClN4O2/c1-28-21-19(24-17-6-2-3-7-18(17)25-21)26-12-4-5-14(13-26)20(27)23-16-10-8-15(22)9-11-16/h2-3,6-11,14H,4-5,12-13H2,1H3,(H,23,27). The Morgan fingerprint density at radius 2 is 1.86 bits per heavy atom. The second-order valence-corrected chi connectivity index (χ2v) is 7.26. The number of ether oxygens (including phenoxy) is 1. The summed E-state index contributed by atoms with van der Waals surface area (Å²) in [6, 6.07) is 14.8. The summed E-state index contributed by atoms with van der Waals surface area (Å²) in [6.45, 7) is 1.39. The molecule has 144 valence electrons. The Bertz CT molecular complexity index is 993. The summed E-state index contributed by atoms with van der Waals surface area (Å²) in [5.41, 5.74) is 2.35. The quantitative estimate of drug-likeness (QED) is 0.717. The summed E-state index contributed by atoms with van der Waals surface area (Å²) in [5, 5.41) is 3.62. The largest absolute Gasteiger partial charge is 0.478 e. The first-order chi connectivity index (χ1) is 13.6. The predicted octanol–water partition coefficient (Wildman–Crippen LogP) is 4.15. The van der Waals surface area contributed by atoms with Crippen molar-refractivity contribution in [3.8, 4) is 5.88 Å². The number of halogens is 1. The smallest absolute Gasteiger partial charge is 0.257 e. The molecule has 6 nitrogen and oxygen atoms in total. The number of benzene rings is 2. The lowest BCUT2D eigenvalue weighted by molar-refractivity contribution is -0.120. The molecule has 1 unspecified atom stereocenters. The zero-order chi connectivity index (χ0) is 19.5. The van der Waals surface area contributed by atoms with Gasteiger partial charge in [-0.1, -0.05) is 23.7 Å². The number of carbonyl (C=O) groups is 1. The van der Waals surface area contributed by atoms with Crippen molar-refractivity contribution in [1.82, 2.24) is 9.97 Å². The zero-order valence-corrected chi connectivity index (χ0v) is 16.3. The van der Waals surface area contributed by atoms with Crippen LogP contribution < -0.4 is 15.0 Å². The average Bonchev–Trinajstić information content (AvgIpc) is 2.74. The summed E-state index contributed by atoms with van der Waals surface area (Å²) in [7, 11) is 1.59. The molecule has 1 amide bonds. The summed E-state index contributed by atoms with van der Waals surface area (Å²) >= 11 is 5.91. The van der Waals surface area contributed by atoms with E-state index in [0.29, 0.717) is 23.3 Å². The van der Waals surface area contributed by atoms with E-state index < -0.39 is 0 Å². The highest BCUT2D eigenvalue weighted by Gasteiger charge is 2.28. The summed E-state index contributed by atoms with van der Waals surface area (Å²) < 4.78 is 5.48.